The number of carboxylic acids is 1. The number of fused-ring (bicyclic) bond motifs is 2. The van der Waals surface area contributed by atoms with Gasteiger partial charge in [0.1, 0.15) is 5.54 Å². The second-order valence-corrected chi connectivity index (χ2v) is 10.4. The third-order valence-electron chi connectivity index (χ3n) is 7.96. The Labute approximate surface area is 212 Å². The Bertz CT molecular complexity index is 1170. The van der Waals surface area contributed by atoms with Gasteiger partial charge >= 0.3 is 5.97 Å². The van der Waals surface area contributed by atoms with E-state index in [4.69, 9.17) is 16.3 Å². The van der Waals surface area contributed by atoms with Crippen molar-refractivity contribution in [3.05, 3.63) is 101 Å². The van der Waals surface area contributed by atoms with E-state index in [9.17, 15) is 9.90 Å². The molecule has 3 aromatic rings. The summed E-state index contributed by atoms with van der Waals surface area (Å²) in [7, 11) is 0. The molecule has 0 bridgehead atoms. The summed E-state index contributed by atoms with van der Waals surface area (Å²) in [6.45, 7) is 0.708. The molecular weight excluding hydrogens is 458 g/mol. The van der Waals surface area contributed by atoms with E-state index in [1.165, 1.54) is 16.7 Å². The molecule has 0 saturated heterocycles. The summed E-state index contributed by atoms with van der Waals surface area (Å²) in [5, 5.41) is 14.2. The van der Waals surface area contributed by atoms with Crippen LogP contribution in [0.2, 0.25) is 5.02 Å². The maximum absolute atomic E-state index is 12.5. The number of halogens is 1. The SMILES string of the molecule is O=C(O)C1(Nc2cccc(Cl)c2)CCC2(CC1)c1ccccc1CC2OCCCc1ccccc1. The molecule has 0 aliphatic heterocycles. The minimum Gasteiger partial charge on any atom is -0.480 e. The molecule has 0 aromatic heterocycles. The zero-order valence-electron chi connectivity index (χ0n) is 19.9. The fourth-order valence-electron chi connectivity index (χ4n) is 6.07. The van der Waals surface area contributed by atoms with Gasteiger partial charge in [-0.3, -0.25) is 0 Å². The summed E-state index contributed by atoms with van der Waals surface area (Å²) in [5.74, 6) is -0.807. The van der Waals surface area contributed by atoms with Crippen LogP contribution in [0.1, 0.15) is 48.8 Å². The molecule has 2 aliphatic carbocycles. The second kappa shape index (κ2) is 10.0. The van der Waals surface area contributed by atoms with Crippen LogP contribution in [0.15, 0.2) is 78.9 Å². The number of nitrogens with one attached hydrogen (secondary N) is 1. The summed E-state index contributed by atoms with van der Waals surface area (Å²) >= 11 is 6.16. The first-order valence-corrected chi connectivity index (χ1v) is 12.9. The summed E-state index contributed by atoms with van der Waals surface area (Å²) in [5.41, 5.74) is 3.61. The number of benzene rings is 3. The lowest BCUT2D eigenvalue weighted by Gasteiger charge is -2.46. The van der Waals surface area contributed by atoms with Crippen LogP contribution in [0.25, 0.3) is 0 Å². The van der Waals surface area contributed by atoms with E-state index in [1.54, 1.807) is 12.1 Å². The quantitative estimate of drug-likeness (QED) is 0.347. The Hall–Kier alpha value is -2.82. The van der Waals surface area contributed by atoms with Gasteiger partial charge in [-0.15, -0.1) is 0 Å². The minimum absolute atomic E-state index is 0.0774. The van der Waals surface area contributed by atoms with Gasteiger partial charge in [0.2, 0.25) is 0 Å². The number of carbonyl (C=O) groups is 1. The maximum Gasteiger partial charge on any atom is 0.329 e. The third kappa shape index (κ3) is 4.82. The molecule has 4 nitrogen and oxygen atoms in total. The largest absolute Gasteiger partial charge is 0.480 e. The number of aliphatic carboxylic acids is 1. The van der Waals surface area contributed by atoms with Crippen LogP contribution < -0.4 is 5.32 Å². The lowest BCUT2D eigenvalue weighted by atomic mass is 9.63. The van der Waals surface area contributed by atoms with Gasteiger partial charge < -0.3 is 15.2 Å². The van der Waals surface area contributed by atoms with Crippen molar-refractivity contribution in [1.29, 1.82) is 0 Å². The zero-order chi connectivity index (χ0) is 24.3. The highest BCUT2D eigenvalue weighted by Crippen LogP contribution is 2.52. The highest BCUT2D eigenvalue weighted by Gasteiger charge is 2.54. The van der Waals surface area contributed by atoms with E-state index in [1.807, 2.05) is 18.2 Å². The Morgan fingerprint density at radius 1 is 0.971 bits per heavy atom. The number of aryl methyl sites for hydroxylation is 1. The highest BCUT2D eigenvalue weighted by atomic mass is 35.5. The first kappa shape index (κ1) is 23.9. The smallest absolute Gasteiger partial charge is 0.329 e. The summed E-state index contributed by atoms with van der Waals surface area (Å²) < 4.78 is 6.58. The Morgan fingerprint density at radius 2 is 1.71 bits per heavy atom. The lowest BCUT2D eigenvalue weighted by molar-refractivity contribution is -0.144. The molecule has 35 heavy (non-hydrogen) atoms. The predicted molar refractivity (Wildman–Crippen MR) is 140 cm³/mol. The van der Waals surface area contributed by atoms with Crippen molar-refractivity contribution in [2.24, 2.45) is 0 Å². The van der Waals surface area contributed by atoms with Crippen LogP contribution in [0.3, 0.4) is 0 Å². The monoisotopic (exact) mass is 489 g/mol. The van der Waals surface area contributed by atoms with Crippen LogP contribution in [-0.4, -0.2) is 29.3 Å². The highest BCUT2D eigenvalue weighted by molar-refractivity contribution is 6.30. The van der Waals surface area contributed by atoms with Gasteiger partial charge in [-0.1, -0.05) is 72.3 Å². The van der Waals surface area contributed by atoms with Crippen LogP contribution in [-0.2, 0) is 27.8 Å². The van der Waals surface area contributed by atoms with Crippen LogP contribution in [0, 0.1) is 0 Å². The van der Waals surface area contributed by atoms with Crippen LogP contribution >= 0.6 is 11.6 Å². The predicted octanol–water partition coefficient (Wildman–Crippen LogP) is 6.66. The van der Waals surface area contributed by atoms with Gasteiger partial charge in [0.15, 0.2) is 0 Å². The van der Waals surface area contributed by atoms with E-state index < -0.39 is 11.5 Å². The average Bonchev–Trinajstić information content (AvgIpc) is 3.17. The summed E-state index contributed by atoms with van der Waals surface area (Å²) in [6, 6.07) is 26.4. The Balaban J connectivity index is 1.32. The van der Waals surface area contributed by atoms with E-state index in [-0.39, 0.29) is 11.5 Å². The van der Waals surface area contributed by atoms with Gasteiger partial charge in [0.25, 0.3) is 0 Å². The van der Waals surface area contributed by atoms with Gasteiger partial charge in [0, 0.05) is 22.7 Å². The molecule has 1 atom stereocenters. The molecule has 2 N–H and O–H groups in total. The van der Waals surface area contributed by atoms with Crippen molar-refractivity contribution in [1.82, 2.24) is 0 Å². The first-order chi connectivity index (χ1) is 17.0. The standard InChI is InChI=1S/C30H32ClNO3/c31-24-12-6-13-25(21-24)32-30(28(33)34)17-15-29(16-18-30)26-14-5-4-11-23(26)20-27(29)35-19-7-10-22-8-2-1-3-9-22/h1-6,8-9,11-14,21,27,32H,7,10,15-20H2,(H,33,34). The fourth-order valence-corrected chi connectivity index (χ4v) is 6.26. The minimum atomic E-state index is -1.01. The molecule has 5 rings (SSSR count). The molecule has 2 aliphatic rings. The molecule has 1 spiro atoms. The van der Waals surface area contributed by atoms with E-state index >= 15 is 0 Å². The molecule has 0 heterocycles. The lowest BCUT2D eigenvalue weighted by Crippen LogP contribution is -2.54. The molecule has 0 radical (unpaired) electrons. The number of hydrogen-bond acceptors (Lipinski definition) is 3. The molecule has 3 aromatic carbocycles. The molecular formula is C30H32ClNO3. The zero-order valence-corrected chi connectivity index (χ0v) is 20.6. The number of rotatable bonds is 8. The topological polar surface area (TPSA) is 58.6 Å². The molecule has 182 valence electrons. The van der Waals surface area contributed by atoms with Crippen molar-refractivity contribution in [2.75, 3.05) is 11.9 Å². The van der Waals surface area contributed by atoms with Crippen molar-refractivity contribution in [3.8, 4) is 0 Å². The first-order valence-electron chi connectivity index (χ1n) is 12.5. The van der Waals surface area contributed by atoms with Crippen molar-refractivity contribution in [2.45, 2.75) is 62.0 Å². The molecule has 5 heteroatoms. The Kier molecular flexibility index (Phi) is 6.86. The van der Waals surface area contributed by atoms with Gasteiger partial charge in [-0.2, -0.15) is 0 Å². The van der Waals surface area contributed by atoms with E-state index in [2.05, 4.69) is 53.8 Å². The van der Waals surface area contributed by atoms with Gasteiger partial charge in [0.05, 0.1) is 6.10 Å². The van der Waals surface area contributed by atoms with Crippen molar-refractivity contribution < 1.29 is 14.6 Å². The summed E-state index contributed by atoms with van der Waals surface area (Å²) in [4.78, 5) is 12.5. The molecule has 1 fully saturated rings. The second-order valence-electron chi connectivity index (χ2n) is 9.99. The normalized spacial score (nSPS) is 25.3. The molecule has 1 saturated carbocycles. The number of anilines is 1. The Morgan fingerprint density at radius 3 is 2.46 bits per heavy atom. The molecule has 1 unspecified atom stereocenters. The van der Waals surface area contributed by atoms with Crippen molar-refractivity contribution >= 4 is 23.3 Å². The van der Waals surface area contributed by atoms with Gasteiger partial charge in [-0.05, 0) is 79.8 Å². The van der Waals surface area contributed by atoms with Crippen LogP contribution in [0.4, 0.5) is 5.69 Å². The van der Waals surface area contributed by atoms with E-state index in [0.29, 0.717) is 24.5 Å². The number of carboxylic acid groups (broad SMARTS) is 1. The van der Waals surface area contributed by atoms with E-state index in [0.717, 1.165) is 37.8 Å². The van der Waals surface area contributed by atoms with Crippen molar-refractivity contribution in [3.63, 3.8) is 0 Å². The van der Waals surface area contributed by atoms with Gasteiger partial charge in [-0.25, -0.2) is 4.79 Å². The number of hydrogen-bond donors (Lipinski definition) is 2. The fraction of sp³-hybridized carbons (Fsp3) is 0.367. The van der Waals surface area contributed by atoms with Crippen LogP contribution in [0.5, 0.6) is 0 Å². The number of ether oxygens (including phenoxy) is 1. The molecule has 0 amide bonds. The third-order valence-corrected chi connectivity index (χ3v) is 8.20. The maximum atomic E-state index is 12.5. The average molecular weight is 490 g/mol. The summed E-state index contributed by atoms with van der Waals surface area (Å²) in [6.07, 6.45) is 5.56.